The fourth-order valence-electron chi connectivity index (χ4n) is 0.994. The average molecular weight is 231 g/mol. The monoisotopic (exact) mass is 230 g/mol. The van der Waals surface area contributed by atoms with Crippen molar-refractivity contribution in [2.75, 3.05) is 17.7 Å². The SMILES string of the molecule is CCC(C)(CO)Nc1nc(N)ncc1Cl. The Bertz CT molecular complexity index is 341. The van der Waals surface area contributed by atoms with E-state index in [-0.39, 0.29) is 12.6 Å². The topological polar surface area (TPSA) is 84.1 Å². The number of halogens is 1. The first-order chi connectivity index (χ1) is 7.00. The lowest BCUT2D eigenvalue weighted by Gasteiger charge is -2.28. The Morgan fingerprint density at radius 3 is 2.87 bits per heavy atom. The molecular formula is C9H15ClN4O. The van der Waals surface area contributed by atoms with Gasteiger partial charge in [-0.15, -0.1) is 0 Å². The van der Waals surface area contributed by atoms with Crippen LogP contribution in [-0.4, -0.2) is 27.2 Å². The van der Waals surface area contributed by atoms with Crippen LogP contribution in [0.1, 0.15) is 20.3 Å². The maximum absolute atomic E-state index is 9.23. The third-order valence-corrected chi connectivity index (χ3v) is 2.59. The average Bonchev–Trinajstić information content (AvgIpc) is 2.23. The van der Waals surface area contributed by atoms with Gasteiger partial charge in [-0.05, 0) is 13.3 Å². The third-order valence-electron chi connectivity index (χ3n) is 2.31. The number of nitrogens with zero attached hydrogens (tertiary/aromatic N) is 2. The van der Waals surface area contributed by atoms with Gasteiger partial charge in [-0.25, -0.2) is 4.98 Å². The molecule has 1 rings (SSSR count). The number of aromatic nitrogens is 2. The highest BCUT2D eigenvalue weighted by Crippen LogP contribution is 2.23. The highest BCUT2D eigenvalue weighted by molar-refractivity contribution is 6.32. The molecule has 0 bridgehead atoms. The van der Waals surface area contributed by atoms with Gasteiger partial charge in [-0.3, -0.25) is 0 Å². The number of hydrogen-bond donors (Lipinski definition) is 3. The quantitative estimate of drug-likeness (QED) is 0.726. The fourth-order valence-corrected chi connectivity index (χ4v) is 1.13. The summed E-state index contributed by atoms with van der Waals surface area (Å²) in [5.41, 5.74) is 4.99. The fraction of sp³-hybridized carbons (Fsp3) is 0.556. The molecule has 1 aromatic rings. The Morgan fingerprint density at radius 1 is 1.67 bits per heavy atom. The normalized spacial score (nSPS) is 14.7. The van der Waals surface area contributed by atoms with Crippen LogP contribution in [0.2, 0.25) is 5.02 Å². The molecule has 0 aliphatic rings. The van der Waals surface area contributed by atoms with Crippen LogP contribution in [-0.2, 0) is 0 Å². The third kappa shape index (κ3) is 2.94. The van der Waals surface area contributed by atoms with Crippen LogP contribution in [0, 0.1) is 0 Å². The molecule has 5 nitrogen and oxygen atoms in total. The van der Waals surface area contributed by atoms with Crippen LogP contribution in [0.3, 0.4) is 0 Å². The van der Waals surface area contributed by atoms with E-state index < -0.39 is 5.54 Å². The second-order valence-corrected chi connectivity index (χ2v) is 4.03. The number of aliphatic hydroxyl groups excluding tert-OH is 1. The van der Waals surface area contributed by atoms with E-state index in [0.29, 0.717) is 10.8 Å². The zero-order valence-corrected chi connectivity index (χ0v) is 9.54. The van der Waals surface area contributed by atoms with Crippen LogP contribution in [0.15, 0.2) is 6.20 Å². The molecule has 0 fully saturated rings. The molecule has 0 aromatic carbocycles. The van der Waals surface area contributed by atoms with E-state index in [1.807, 2.05) is 13.8 Å². The summed E-state index contributed by atoms with van der Waals surface area (Å²) in [6.07, 6.45) is 2.17. The smallest absolute Gasteiger partial charge is 0.222 e. The van der Waals surface area contributed by atoms with E-state index in [0.717, 1.165) is 6.42 Å². The Hall–Kier alpha value is -1.07. The number of aliphatic hydroxyl groups is 1. The number of nitrogen functional groups attached to an aromatic ring is 1. The van der Waals surface area contributed by atoms with Crippen LogP contribution >= 0.6 is 11.6 Å². The predicted molar refractivity (Wildman–Crippen MR) is 60.9 cm³/mol. The number of nitrogens with one attached hydrogen (secondary N) is 1. The minimum atomic E-state index is -0.454. The van der Waals surface area contributed by atoms with E-state index in [1.165, 1.54) is 6.20 Å². The van der Waals surface area contributed by atoms with Crippen molar-refractivity contribution in [3.05, 3.63) is 11.2 Å². The molecule has 0 aliphatic carbocycles. The van der Waals surface area contributed by atoms with E-state index in [4.69, 9.17) is 17.3 Å². The minimum Gasteiger partial charge on any atom is -0.394 e. The van der Waals surface area contributed by atoms with Gasteiger partial charge in [0.05, 0.1) is 18.3 Å². The molecule has 0 radical (unpaired) electrons. The van der Waals surface area contributed by atoms with E-state index in [2.05, 4.69) is 15.3 Å². The van der Waals surface area contributed by atoms with Crippen LogP contribution in [0.5, 0.6) is 0 Å². The van der Waals surface area contributed by atoms with Crippen molar-refractivity contribution in [1.29, 1.82) is 0 Å². The van der Waals surface area contributed by atoms with Crippen molar-refractivity contribution in [2.45, 2.75) is 25.8 Å². The summed E-state index contributed by atoms with van der Waals surface area (Å²) in [5, 5.41) is 12.7. The standard InChI is InChI=1S/C9H15ClN4O/c1-3-9(2,5-15)14-7-6(10)4-12-8(11)13-7/h4,15H,3,5H2,1-2H3,(H3,11,12,13,14). The van der Waals surface area contributed by atoms with Gasteiger partial charge in [0.15, 0.2) is 5.82 Å². The van der Waals surface area contributed by atoms with Gasteiger partial charge in [0.25, 0.3) is 0 Å². The first-order valence-electron chi connectivity index (χ1n) is 4.68. The molecule has 1 aromatic heterocycles. The van der Waals surface area contributed by atoms with Crippen molar-refractivity contribution in [3.63, 3.8) is 0 Å². The Kier molecular flexibility index (Phi) is 3.71. The largest absolute Gasteiger partial charge is 0.394 e. The molecule has 1 unspecified atom stereocenters. The van der Waals surface area contributed by atoms with Crippen molar-refractivity contribution in [3.8, 4) is 0 Å². The van der Waals surface area contributed by atoms with E-state index in [9.17, 15) is 5.11 Å². The molecule has 1 heterocycles. The van der Waals surface area contributed by atoms with E-state index in [1.54, 1.807) is 0 Å². The molecule has 1 atom stereocenters. The van der Waals surface area contributed by atoms with Gasteiger partial charge in [-0.1, -0.05) is 18.5 Å². The molecule has 0 spiro atoms. The maximum Gasteiger partial charge on any atom is 0.222 e. The molecule has 0 saturated heterocycles. The maximum atomic E-state index is 9.23. The molecular weight excluding hydrogens is 216 g/mol. The zero-order chi connectivity index (χ0) is 11.5. The summed E-state index contributed by atoms with van der Waals surface area (Å²) in [7, 11) is 0. The molecule has 84 valence electrons. The van der Waals surface area contributed by atoms with Crippen LogP contribution < -0.4 is 11.1 Å². The van der Waals surface area contributed by atoms with Crippen molar-refractivity contribution in [1.82, 2.24) is 9.97 Å². The molecule has 0 aliphatic heterocycles. The molecule has 4 N–H and O–H groups in total. The van der Waals surface area contributed by atoms with Gasteiger partial charge >= 0.3 is 0 Å². The van der Waals surface area contributed by atoms with Crippen molar-refractivity contribution < 1.29 is 5.11 Å². The summed E-state index contributed by atoms with van der Waals surface area (Å²) in [5.74, 6) is 0.598. The lowest BCUT2D eigenvalue weighted by atomic mass is 10.0. The van der Waals surface area contributed by atoms with Crippen molar-refractivity contribution in [2.24, 2.45) is 0 Å². The Labute approximate surface area is 93.7 Å². The van der Waals surface area contributed by atoms with E-state index >= 15 is 0 Å². The molecule has 0 saturated carbocycles. The number of rotatable bonds is 4. The molecule has 15 heavy (non-hydrogen) atoms. The number of anilines is 2. The lowest BCUT2D eigenvalue weighted by Crippen LogP contribution is -2.38. The summed E-state index contributed by atoms with van der Waals surface area (Å²) in [6.45, 7) is 3.83. The van der Waals surface area contributed by atoms with Crippen LogP contribution in [0.4, 0.5) is 11.8 Å². The molecule has 0 amide bonds. The van der Waals surface area contributed by atoms with Gasteiger partial charge in [-0.2, -0.15) is 4.98 Å². The van der Waals surface area contributed by atoms with Crippen LogP contribution in [0.25, 0.3) is 0 Å². The summed E-state index contributed by atoms with van der Waals surface area (Å²) >= 11 is 5.89. The molecule has 6 heteroatoms. The van der Waals surface area contributed by atoms with Gasteiger partial charge in [0, 0.05) is 0 Å². The first-order valence-corrected chi connectivity index (χ1v) is 5.05. The second kappa shape index (κ2) is 4.63. The zero-order valence-electron chi connectivity index (χ0n) is 8.79. The lowest BCUT2D eigenvalue weighted by molar-refractivity contribution is 0.218. The summed E-state index contributed by atoms with van der Waals surface area (Å²) in [4.78, 5) is 7.72. The highest BCUT2D eigenvalue weighted by Gasteiger charge is 2.22. The summed E-state index contributed by atoms with van der Waals surface area (Å²) < 4.78 is 0. The number of nitrogens with two attached hydrogens (primary N) is 1. The Balaban J connectivity index is 2.92. The predicted octanol–water partition coefficient (Wildman–Crippen LogP) is 1.29. The Morgan fingerprint density at radius 2 is 2.33 bits per heavy atom. The summed E-state index contributed by atoms with van der Waals surface area (Å²) in [6, 6.07) is 0. The second-order valence-electron chi connectivity index (χ2n) is 3.62. The van der Waals surface area contributed by atoms with Gasteiger partial charge in [0.2, 0.25) is 5.95 Å². The highest BCUT2D eigenvalue weighted by atomic mass is 35.5. The van der Waals surface area contributed by atoms with Crippen molar-refractivity contribution >= 4 is 23.4 Å². The first kappa shape index (κ1) is 12.0. The van der Waals surface area contributed by atoms with Gasteiger partial charge < -0.3 is 16.2 Å². The number of hydrogen-bond acceptors (Lipinski definition) is 5. The minimum absolute atomic E-state index is 0.0102. The van der Waals surface area contributed by atoms with Gasteiger partial charge in [0.1, 0.15) is 5.02 Å².